The molecule has 0 aromatic heterocycles. The second kappa shape index (κ2) is 6.73. The molecule has 1 unspecified atom stereocenters. The normalized spacial score (nSPS) is 15.1. The molecule has 0 radical (unpaired) electrons. The van der Waals surface area contributed by atoms with Gasteiger partial charge in [-0.2, -0.15) is 0 Å². The number of non-ortho nitro benzene ring substituents is 1. The number of aliphatic carboxylic acids is 1. The van der Waals surface area contributed by atoms with Crippen LogP contribution in [0.3, 0.4) is 0 Å². The Morgan fingerprint density at radius 1 is 1.29 bits per heavy atom. The zero-order chi connectivity index (χ0) is 17.9. The maximum atomic E-state index is 12.1. The van der Waals surface area contributed by atoms with Gasteiger partial charge in [-0.25, -0.2) is 19.3 Å². The van der Waals surface area contributed by atoms with Crippen molar-refractivity contribution >= 4 is 30.1 Å². The Morgan fingerprint density at radius 3 is 2.38 bits per heavy atom. The van der Waals surface area contributed by atoms with Gasteiger partial charge in [0, 0.05) is 18.7 Å². The van der Waals surface area contributed by atoms with Gasteiger partial charge in [-0.05, 0) is 17.7 Å². The summed E-state index contributed by atoms with van der Waals surface area (Å²) in [4.78, 5) is 57.2. The summed E-state index contributed by atoms with van der Waals surface area (Å²) in [5.74, 6) is -1.41. The number of benzene rings is 1. The Bertz CT molecular complexity index is 703. The van der Waals surface area contributed by atoms with E-state index in [1.54, 1.807) is 0 Å². The summed E-state index contributed by atoms with van der Waals surface area (Å²) >= 11 is 0. The van der Waals surface area contributed by atoms with E-state index in [4.69, 9.17) is 0 Å². The van der Waals surface area contributed by atoms with Crippen molar-refractivity contribution in [1.29, 1.82) is 0 Å². The highest BCUT2D eigenvalue weighted by atomic mass is 16.6. The van der Waals surface area contributed by atoms with E-state index < -0.39 is 29.0 Å². The first-order chi connectivity index (χ1) is 11.3. The molecule has 1 aromatic rings. The molecule has 2 N–H and O–H groups in total. The van der Waals surface area contributed by atoms with Crippen LogP contribution in [0.1, 0.15) is 11.6 Å². The zero-order valence-electron chi connectivity index (χ0n) is 12.1. The fourth-order valence-electron chi connectivity index (χ4n) is 2.12. The second-order valence-electron chi connectivity index (χ2n) is 4.80. The fraction of sp³-hybridized carbons (Fsp3) is 0.231. The average molecular weight is 336 g/mol. The lowest BCUT2D eigenvalue weighted by Gasteiger charge is -2.19. The summed E-state index contributed by atoms with van der Waals surface area (Å²) in [5.41, 5.74) is -0.133. The van der Waals surface area contributed by atoms with Crippen LogP contribution in [0.4, 0.5) is 15.3 Å². The van der Waals surface area contributed by atoms with E-state index in [0.717, 1.165) is 17.0 Å². The summed E-state index contributed by atoms with van der Waals surface area (Å²) in [6.45, 7) is -0.0406. The van der Waals surface area contributed by atoms with Gasteiger partial charge in [-0.15, -0.1) is 0 Å². The number of urea groups is 2. The zero-order valence-corrected chi connectivity index (χ0v) is 12.1. The summed E-state index contributed by atoms with van der Waals surface area (Å²) in [7, 11) is 0. The van der Waals surface area contributed by atoms with Gasteiger partial charge in [0.25, 0.3) is 5.69 Å². The molecule has 126 valence electrons. The number of carboxylic acid groups (broad SMARTS) is 1. The molecule has 0 spiro atoms. The first kappa shape index (κ1) is 16.9. The number of nitro groups is 1. The summed E-state index contributed by atoms with van der Waals surface area (Å²) < 4.78 is 0. The predicted octanol–water partition coefficient (Wildman–Crippen LogP) is 0.324. The Labute approximate surface area is 134 Å². The van der Waals surface area contributed by atoms with Gasteiger partial charge in [0.2, 0.25) is 6.41 Å². The van der Waals surface area contributed by atoms with Gasteiger partial charge < -0.3 is 10.4 Å². The Hall–Kier alpha value is -3.50. The SMILES string of the molecule is O=CN1CCN(C(=O)NC(C(=O)O)c2ccc([N+](=O)[O-])cc2)C1=O. The molecule has 0 bridgehead atoms. The van der Waals surface area contributed by atoms with E-state index >= 15 is 0 Å². The first-order valence-corrected chi connectivity index (χ1v) is 6.66. The minimum absolute atomic E-state index is 0.0189. The molecule has 1 atom stereocenters. The highest BCUT2D eigenvalue weighted by Crippen LogP contribution is 2.19. The number of hydrogen-bond donors (Lipinski definition) is 2. The standard InChI is InChI=1S/C13H12N4O7/c18-7-15-5-6-16(13(15)22)12(21)14-10(11(19)20)8-1-3-9(4-2-8)17(23)24/h1-4,7,10H,5-6H2,(H,14,21)(H,19,20). The summed E-state index contributed by atoms with van der Waals surface area (Å²) in [6, 6.07) is 1.27. The van der Waals surface area contributed by atoms with Crippen LogP contribution in [-0.2, 0) is 9.59 Å². The Morgan fingerprint density at radius 2 is 1.92 bits per heavy atom. The molecule has 24 heavy (non-hydrogen) atoms. The van der Waals surface area contributed by atoms with E-state index in [-0.39, 0.29) is 30.8 Å². The summed E-state index contributed by atoms with van der Waals surface area (Å²) in [5, 5.41) is 22.0. The van der Waals surface area contributed by atoms with Crippen LogP contribution in [0.5, 0.6) is 0 Å². The lowest BCUT2D eigenvalue weighted by atomic mass is 10.1. The van der Waals surface area contributed by atoms with Gasteiger partial charge in [-0.3, -0.25) is 19.8 Å². The van der Waals surface area contributed by atoms with Crippen molar-refractivity contribution in [3.8, 4) is 0 Å². The number of imide groups is 2. The summed E-state index contributed by atoms with van der Waals surface area (Å²) in [6.07, 6.45) is 0.278. The number of carboxylic acids is 1. The highest BCUT2D eigenvalue weighted by Gasteiger charge is 2.35. The third-order valence-electron chi connectivity index (χ3n) is 3.37. The van der Waals surface area contributed by atoms with Crippen molar-refractivity contribution < 1.29 is 29.2 Å². The van der Waals surface area contributed by atoms with Crippen molar-refractivity contribution in [2.45, 2.75) is 6.04 Å². The van der Waals surface area contributed by atoms with Crippen molar-refractivity contribution in [1.82, 2.24) is 15.1 Å². The third kappa shape index (κ3) is 3.29. The molecule has 1 aromatic carbocycles. The molecule has 1 fully saturated rings. The number of nitrogens with one attached hydrogen (secondary N) is 1. The van der Waals surface area contributed by atoms with Gasteiger partial charge in [0.1, 0.15) is 0 Å². The molecule has 5 amide bonds. The highest BCUT2D eigenvalue weighted by molar-refractivity contribution is 6.00. The molecule has 1 aliphatic heterocycles. The maximum Gasteiger partial charge on any atom is 0.334 e. The lowest BCUT2D eigenvalue weighted by Crippen LogP contribution is -2.45. The monoisotopic (exact) mass is 336 g/mol. The van der Waals surface area contributed by atoms with Crippen LogP contribution in [0.25, 0.3) is 0 Å². The Balaban J connectivity index is 2.15. The molecule has 1 saturated heterocycles. The van der Waals surface area contributed by atoms with Crippen LogP contribution in [0.2, 0.25) is 0 Å². The first-order valence-electron chi connectivity index (χ1n) is 6.66. The van der Waals surface area contributed by atoms with Crippen molar-refractivity contribution in [2.24, 2.45) is 0 Å². The molecular formula is C13H12N4O7. The smallest absolute Gasteiger partial charge is 0.334 e. The number of rotatable bonds is 5. The third-order valence-corrected chi connectivity index (χ3v) is 3.37. The number of carbonyl (C=O) groups is 4. The van der Waals surface area contributed by atoms with Crippen molar-refractivity contribution in [2.75, 3.05) is 13.1 Å². The van der Waals surface area contributed by atoms with Crippen molar-refractivity contribution in [3.05, 3.63) is 39.9 Å². The van der Waals surface area contributed by atoms with Gasteiger partial charge in [-0.1, -0.05) is 0 Å². The molecule has 11 nitrogen and oxygen atoms in total. The molecule has 1 heterocycles. The number of hydrogen-bond acceptors (Lipinski definition) is 6. The average Bonchev–Trinajstić information content (AvgIpc) is 2.93. The number of carbonyl (C=O) groups excluding carboxylic acids is 3. The fourth-order valence-corrected chi connectivity index (χ4v) is 2.12. The van der Waals surface area contributed by atoms with Crippen LogP contribution < -0.4 is 5.32 Å². The second-order valence-corrected chi connectivity index (χ2v) is 4.80. The van der Waals surface area contributed by atoms with Crippen LogP contribution >= 0.6 is 0 Å². The van der Waals surface area contributed by atoms with Crippen LogP contribution in [-0.4, -0.2) is 57.4 Å². The molecule has 1 aliphatic rings. The molecule has 2 rings (SSSR count). The van der Waals surface area contributed by atoms with Crippen LogP contribution in [0.15, 0.2) is 24.3 Å². The largest absolute Gasteiger partial charge is 0.479 e. The van der Waals surface area contributed by atoms with E-state index in [1.807, 2.05) is 0 Å². The number of nitro benzene ring substituents is 1. The van der Waals surface area contributed by atoms with E-state index in [0.29, 0.717) is 4.90 Å². The predicted molar refractivity (Wildman–Crippen MR) is 76.9 cm³/mol. The van der Waals surface area contributed by atoms with E-state index in [1.165, 1.54) is 12.1 Å². The van der Waals surface area contributed by atoms with E-state index in [2.05, 4.69) is 5.32 Å². The molecular weight excluding hydrogens is 324 g/mol. The maximum absolute atomic E-state index is 12.1. The van der Waals surface area contributed by atoms with Gasteiger partial charge in [0.05, 0.1) is 11.5 Å². The minimum atomic E-state index is -1.50. The topological polar surface area (TPSA) is 150 Å². The van der Waals surface area contributed by atoms with Crippen molar-refractivity contribution in [3.63, 3.8) is 0 Å². The quantitative estimate of drug-likeness (QED) is 0.446. The number of amides is 5. The van der Waals surface area contributed by atoms with Gasteiger partial charge >= 0.3 is 18.0 Å². The molecule has 0 saturated carbocycles. The number of nitrogens with zero attached hydrogens (tertiary/aromatic N) is 3. The van der Waals surface area contributed by atoms with Crippen LogP contribution in [0, 0.1) is 10.1 Å². The Kier molecular flexibility index (Phi) is 4.73. The molecule has 0 aliphatic carbocycles. The lowest BCUT2D eigenvalue weighted by molar-refractivity contribution is -0.384. The minimum Gasteiger partial charge on any atom is -0.479 e. The van der Waals surface area contributed by atoms with E-state index in [9.17, 15) is 34.4 Å². The van der Waals surface area contributed by atoms with Gasteiger partial charge in [0.15, 0.2) is 6.04 Å². The molecule has 11 heteroatoms.